The summed E-state index contributed by atoms with van der Waals surface area (Å²) in [5, 5.41) is 5.99. The topological polar surface area (TPSA) is 44.4 Å². The van der Waals surface area contributed by atoms with E-state index in [4.69, 9.17) is 0 Å². The molecule has 0 unspecified atom stereocenters. The van der Waals surface area contributed by atoms with Crippen LogP contribution in [0.15, 0.2) is 0 Å². The summed E-state index contributed by atoms with van der Waals surface area (Å²) >= 11 is 0. The molecule has 0 aromatic rings. The molecule has 0 spiro atoms. The maximum atomic E-state index is 11.4. The Bertz CT molecular complexity index is 174. The van der Waals surface area contributed by atoms with Crippen LogP contribution >= 0.6 is 0 Å². The minimum atomic E-state index is 0.169. The Morgan fingerprint density at radius 2 is 1.94 bits per heavy atom. The Kier molecular flexibility index (Phi) is 10.5. The molecule has 0 aromatic carbocycles. The highest BCUT2D eigenvalue weighted by molar-refractivity contribution is 5.75. The van der Waals surface area contributed by atoms with Crippen molar-refractivity contribution in [1.29, 1.82) is 0 Å². The first kappa shape index (κ1) is 15.4. The Balaban J connectivity index is 3.44. The van der Waals surface area contributed by atoms with Crippen molar-refractivity contribution in [3.63, 3.8) is 0 Å². The van der Waals surface area contributed by atoms with Gasteiger partial charge in [0.1, 0.15) is 0 Å². The number of carbonyl (C=O) groups excluding carboxylic acids is 1. The van der Waals surface area contributed by atoms with E-state index in [1.807, 2.05) is 7.05 Å². The lowest BCUT2D eigenvalue weighted by Crippen LogP contribution is -2.35. The predicted molar refractivity (Wildman–Crippen MR) is 68.6 cm³/mol. The van der Waals surface area contributed by atoms with Crippen molar-refractivity contribution in [2.24, 2.45) is 0 Å². The van der Waals surface area contributed by atoms with Gasteiger partial charge in [-0.25, -0.2) is 0 Å². The van der Waals surface area contributed by atoms with Gasteiger partial charge in [-0.1, -0.05) is 13.8 Å². The maximum absolute atomic E-state index is 11.4. The highest BCUT2D eigenvalue weighted by atomic mass is 16.1. The van der Waals surface area contributed by atoms with E-state index in [9.17, 15) is 4.79 Å². The molecule has 0 bridgehead atoms. The van der Waals surface area contributed by atoms with Crippen LogP contribution in [-0.2, 0) is 4.79 Å². The molecule has 0 aromatic heterocycles. The molecule has 0 aliphatic carbocycles. The quantitative estimate of drug-likeness (QED) is 0.546. The number of carbonyl (C=O) groups is 1. The van der Waals surface area contributed by atoms with Gasteiger partial charge in [0, 0.05) is 19.5 Å². The van der Waals surface area contributed by atoms with E-state index < -0.39 is 0 Å². The van der Waals surface area contributed by atoms with Crippen molar-refractivity contribution in [3.8, 4) is 0 Å². The second-order valence-electron chi connectivity index (χ2n) is 3.99. The van der Waals surface area contributed by atoms with Crippen LogP contribution in [0.25, 0.3) is 0 Å². The van der Waals surface area contributed by atoms with Gasteiger partial charge in [-0.15, -0.1) is 0 Å². The maximum Gasteiger partial charge on any atom is 0.220 e. The summed E-state index contributed by atoms with van der Waals surface area (Å²) in [4.78, 5) is 13.7. The van der Waals surface area contributed by atoms with E-state index in [0.717, 1.165) is 39.1 Å². The molecule has 4 nitrogen and oxygen atoms in total. The lowest BCUT2D eigenvalue weighted by atomic mass is 10.3. The molecule has 4 heteroatoms. The fourth-order valence-corrected chi connectivity index (χ4v) is 1.61. The summed E-state index contributed by atoms with van der Waals surface area (Å²) in [6.07, 6.45) is 2.71. The molecule has 16 heavy (non-hydrogen) atoms. The van der Waals surface area contributed by atoms with E-state index in [1.54, 1.807) is 0 Å². The number of amides is 1. The molecule has 0 radical (unpaired) electrons. The number of likely N-dealkylation sites (N-methyl/N-ethyl adjacent to an activating group) is 1. The van der Waals surface area contributed by atoms with Gasteiger partial charge in [0.25, 0.3) is 0 Å². The molecule has 0 heterocycles. The van der Waals surface area contributed by atoms with Gasteiger partial charge in [-0.05, 0) is 39.5 Å². The van der Waals surface area contributed by atoms with Crippen molar-refractivity contribution in [1.82, 2.24) is 15.5 Å². The number of nitrogens with zero attached hydrogens (tertiary/aromatic N) is 1. The summed E-state index contributed by atoms with van der Waals surface area (Å²) in [5.41, 5.74) is 0. The van der Waals surface area contributed by atoms with Crippen LogP contribution in [0.1, 0.15) is 33.1 Å². The molecule has 0 atom stereocenters. The zero-order valence-electron chi connectivity index (χ0n) is 11.0. The number of rotatable bonds is 10. The third-order valence-corrected chi connectivity index (χ3v) is 2.57. The lowest BCUT2D eigenvalue weighted by molar-refractivity contribution is -0.121. The van der Waals surface area contributed by atoms with E-state index in [2.05, 4.69) is 29.4 Å². The van der Waals surface area contributed by atoms with Crippen molar-refractivity contribution < 1.29 is 4.79 Å². The van der Waals surface area contributed by atoms with Crippen molar-refractivity contribution in [2.45, 2.75) is 33.1 Å². The fraction of sp³-hybridized carbons (Fsp3) is 0.917. The molecule has 0 rings (SSSR count). The first-order chi connectivity index (χ1) is 7.74. The molecule has 0 fully saturated rings. The van der Waals surface area contributed by atoms with Gasteiger partial charge < -0.3 is 15.5 Å². The Morgan fingerprint density at radius 3 is 2.50 bits per heavy atom. The molecule has 2 N–H and O–H groups in total. The minimum Gasteiger partial charge on any atom is -0.355 e. The molecule has 96 valence electrons. The van der Waals surface area contributed by atoms with Crippen LogP contribution < -0.4 is 10.6 Å². The summed E-state index contributed by atoms with van der Waals surface area (Å²) < 4.78 is 0. The Labute approximate surface area is 99.8 Å². The largest absolute Gasteiger partial charge is 0.355 e. The second kappa shape index (κ2) is 10.9. The van der Waals surface area contributed by atoms with Gasteiger partial charge in [-0.2, -0.15) is 0 Å². The summed E-state index contributed by atoms with van der Waals surface area (Å²) in [6.45, 7) is 9.15. The van der Waals surface area contributed by atoms with Gasteiger partial charge in [0.05, 0.1) is 0 Å². The molecular weight excluding hydrogens is 202 g/mol. The van der Waals surface area contributed by atoms with Crippen molar-refractivity contribution in [3.05, 3.63) is 0 Å². The first-order valence-corrected chi connectivity index (χ1v) is 6.38. The molecule has 0 saturated heterocycles. The standard InChI is InChI=1S/C12H27N3O/c1-4-10-15(5-2)11-9-14-12(16)7-6-8-13-3/h13H,4-11H2,1-3H3,(H,14,16). The van der Waals surface area contributed by atoms with Gasteiger partial charge in [-0.3, -0.25) is 4.79 Å². The smallest absolute Gasteiger partial charge is 0.220 e. The average molecular weight is 229 g/mol. The number of nitrogens with one attached hydrogen (secondary N) is 2. The van der Waals surface area contributed by atoms with Gasteiger partial charge in [0.2, 0.25) is 5.91 Å². The Morgan fingerprint density at radius 1 is 1.19 bits per heavy atom. The summed E-state index contributed by atoms with van der Waals surface area (Å²) in [7, 11) is 1.90. The van der Waals surface area contributed by atoms with Crippen LogP contribution in [-0.4, -0.2) is 50.6 Å². The number of hydrogen-bond donors (Lipinski definition) is 2. The Hall–Kier alpha value is -0.610. The lowest BCUT2D eigenvalue weighted by Gasteiger charge is -2.19. The molecule has 0 saturated carbocycles. The average Bonchev–Trinajstić information content (AvgIpc) is 2.28. The van der Waals surface area contributed by atoms with Gasteiger partial charge in [0.15, 0.2) is 0 Å². The van der Waals surface area contributed by atoms with E-state index in [0.29, 0.717) is 6.42 Å². The van der Waals surface area contributed by atoms with E-state index >= 15 is 0 Å². The second-order valence-corrected chi connectivity index (χ2v) is 3.99. The molecule has 0 aliphatic heterocycles. The molecular formula is C12H27N3O. The minimum absolute atomic E-state index is 0.169. The van der Waals surface area contributed by atoms with E-state index in [1.165, 1.54) is 6.42 Å². The third kappa shape index (κ3) is 8.68. The van der Waals surface area contributed by atoms with Crippen LogP contribution in [0.2, 0.25) is 0 Å². The normalized spacial score (nSPS) is 10.8. The molecule has 1 amide bonds. The predicted octanol–water partition coefficient (Wildman–Crippen LogP) is 0.834. The highest BCUT2D eigenvalue weighted by Crippen LogP contribution is 1.90. The van der Waals surface area contributed by atoms with Crippen LogP contribution in [0.3, 0.4) is 0 Å². The molecule has 0 aliphatic rings. The van der Waals surface area contributed by atoms with Crippen molar-refractivity contribution >= 4 is 5.91 Å². The van der Waals surface area contributed by atoms with Crippen LogP contribution in [0.4, 0.5) is 0 Å². The third-order valence-electron chi connectivity index (χ3n) is 2.57. The van der Waals surface area contributed by atoms with E-state index in [-0.39, 0.29) is 5.91 Å². The SMILES string of the molecule is CCCN(CC)CCNC(=O)CCCNC. The van der Waals surface area contributed by atoms with Crippen LogP contribution in [0.5, 0.6) is 0 Å². The summed E-state index contributed by atoms with van der Waals surface area (Å²) in [6, 6.07) is 0. The zero-order valence-corrected chi connectivity index (χ0v) is 11.0. The van der Waals surface area contributed by atoms with Crippen LogP contribution in [0, 0.1) is 0 Å². The van der Waals surface area contributed by atoms with Crippen molar-refractivity contribution in [2.75, 3.05) is 39.8 Å². The number of hydrogen-bond acceptors (Lipinski definition) is 3. The first-order valence-electron chi connectivity index (χ1n) is 6.38. The summed E-state index contributed by atoms with van der Waals surface area (Å²) in [5.74, 6) is 0.169. The fourth-order valence-electron chi connectivity index (χ4n) is 1.61. The monoisotopic (exact) mass is 229 g/mol. The van der Waals surface area contributed by atoms with Gasteiger partial charge >= 0.3 is 0 Å². The highest BCUT2D eigenvalue weighted by Gasteiger charge is 2.02. The zero-order chi connectivity index (χ0) is 12.2.